The molecule has 2 aromatic heterocycles. The first kappa shape index (κ1) is 10.9. The van der Waals surface area contributed by atoms with E-state index in [1.807, 2.05) is 6.20 Å². The summed E-state index contributed by atoms with van der Waals surface area (Å²) >= 11 is 5.23. The van der Waals surface area contributed by atoms with Crippen LogP contribution in [0.3, 0.4) is 0 Å². The van der Waals surface area contributed by atoms with E-state index in [1.54, 1.807) is 11.3 Å². The predicted molar refractivity (Wildman–Crippen MR) is 70.6 cm³/mol. The van der Waals surface area contributed by atoms with Crippen molar-refractivity contribution in [3.8, 4) is 0 Å². The molecule has 4 heteroatoms. The normalized spacial score (nSPS) is 11.2. The number of hydrogen-bond donors (Lipinski definition) is 1. The van der Waals surface area contributed by atoms with E-state index >= 15 is 0 Å². The Balaban J connectivity index is 2.35. The molecule has 80 valence electrons. The van der Waals surface area contributed by atoms with Crippen LogP contribution in [0.5, 0.6) is 0 Å². The lowest BCUT2D eigenvalue weighted by molar-refractivity contribution is 0.687. The molecule has 0 radical (unpaired) electrons. The van der Waals surface area contributed by atoms with Gasteiger partial charge in [0, 0.05) is 22.6 Å². The first-order valence-electron chi connectivity index (χ1n) is 4.94. The molecule has 0 fully saturated rings. The van der Waals surface area contributed by atoms with Gasteiger partial charge in [-0.25, -0.2) is 4.98 Å². The summed E-state index contributed by atoms with van der Waals surface area (Å²) in [5, 5.41) is 6.71. The lowest BCUT2D eigenvalue weighted by Crippen LogP contribution is -2.09. The highest BCUT2D eigenvalue weighted by molar-refractivity contribution is 9.10. The number of aromatic nitrogens is 1. The van der Waals surface area contributed by atoms with Crippen molar-refractivity contribution in [2.24, 2.45) is 5.92 Å². The van der Waals surface area contributed by atoms with E-state index in [1.165, 1.54) is 10.1 Å². The molecule has 0 aliphatic carbocycles. The minimum Gasteiger partial charge on any atom is -0.369 e. The zero-order valence-corrected chi connectivity index (χ0v) is 11.2. The highest BCUT2D eigenvalue weighted by Crippen LogP contribution is 2.32. The number of rotatable bonds is 3. The summed E-state index contributed by atoms with van der Waals surface area (Å²) in [5.41, 5.74) is 0. The molecule has 2 nitrogen and oxygen atoms in total. The second-order valence-electron chi connectivity index (χ2n) is 3.89. The average molecular weight is 285 g/mol. The van der Waals surface area contributed by atoms with Gasteiger partial charge in [-0.15, -0.1) is 11.3 Å². The Labute approximate surface area is 102 Å². The number of fused-ring (bicyclic) bond motifs is 1. The molecule has 1 N–H and O–H groups in total. The fourth-order valence-corrected chi connectivity index (χ4v) is 2.80. The number of nitrogens with zero attached hydrogens (tertiary/aromatic N) is 1. The molecule has 2 aromatic rings. The Bertz CT molecular complexity index is 465. The number of pyridine rings is 1. The minimum atomic E-state index is 0.630. The van der Waals surface area contributed by atoms with E-state index in [0.29, 0.717) is 5.92 Å². The number of hydrogen-bond acceptors (Lipinski definition) is 3. The number of anilines is 1. The molecular weight excluding hydrogens is 272 g/mol. The van der Waals surface area contributed by atoms with E-state index in [-0.39, 0.29) is 0 Å². The molecule has 0 saturated carbocycles. The SMILES string of the molecule is CC(C)CNc1ncc(Br)c2ccsc12. The molecule has 0 aliphatic heterocycles. The Hall–Kier alpha value is -0.610. The van der Waals surface area contributed by atoms with Gasteiger partial charge in [-0.2, -0.15) is 0 Å². The van der Waals surface area contributed by atoms with Gasteiger partial charge in [0.15, 0.2) is 0 Å². The maximum atomic E-state index is 4.40. The van der Waals surface area contributed by atoms with Gasteiger partial charge >= 0.3 is 0 Å². The van der Waals surface area contributed by atoms with Crippen LogP contribution in [0.15, 0.2) is 22.1 Å². The minimum absolute atomic E-state index is 0.630. The predicted octanol–water partition coefficient (Wildman–Crippen LogP) is 4.13. The van der Waals surface area contributed by atoms with Crippen molar-refractivity contribution < 1.29 is 0 Å². The number of halogens is 1. The molecule has 0 saturated heterocycles. The molecule has 2 rings (SSSR count). The van der Waals surface area contributed by atoms with Crippen LogP contribution >= 0.6 is 27.3 Å². The Kier molecular flexibility index (Phi) is 3.26. The van der Waals surface area contributed by atoms with Crippen LogP contribution in [0.2, 0.25) is 0 Å². The quantitative estimate of drug-likeness (QED) is 0.917. The Morgan fingerprint density at radius 1 is 1.53 bits per heavy atom. The third kappa shape index (κ3) is 2.32. The molecular formula is C11H13BrN2S. The topological polar surface area (TPSA) is 24.9 Å². The van der Waals surface area contributed by atoms with Gasteiger partial charge in [-0.3, -0.25) is 0 Å². The smallest absolute Gasteiger partial charge is 0.144 e. The maximum Gasteiger partial charge on any atom is 0.144 e. The average Bonchev–Trinajstić information content (AvgIpc) is 2.66. The van der Waals surface area contributed by atoms with Crippen molar-refractivity contribution in [1.29, 1.82) is 0 Å². The summed E-state index contributed by atoms with van der Waals surface area (Å²) in [6, 6.07) is 2.12. The summed E-state index contributed by atoms with van der Waals surface area (Å²) < 4.78 is 2.29. The molecule has 2 heterocycles. The third-order valence-corrected chi connectivity index (χ3v) is 3.68. The van der Waals surface area contributed by atoms with Gasteiger partial charge in [0.25, 0.3) is 0 Å². The number of thiophene rings is 1. The fourth-order valence-electron chi connectivity index (χ4n) is 1.36. The van der Waals surface area contributed by atoms with Crippen LogP contribution in [0.1, 0.15) is 13.8 Å². The van der Waals surface area contributed by atoms with E-state index < -0.39 is 0 Å². The van der Waals surface area contributed by atoms with Crippen LogP contribution in [0.4, 0.5) is 5.82 Å². The largest absolute Gasteiger partial charge is 0.369 e. The summed E-state index contributed by atoms with van der Waals surface area (Å²) in [4.78, 5) is 4.40. The summed E-state index contributed by atoms with van der Waals surface area (Å²) in [6.45, 7) is 5.34. The van der Waals surface area contributed by atoms with Crippen molar-refractivity contribution in [1.82, 2.24) is 4.98 Å². The second-order valence-corrected chi connectivity index (χ2v) is 5.66. The van der Waals surface area contributed by atoms with Crippen molar-refractivity contribution in [2.45, 2.75) is 13.8 Å². The molecule has 0 atom stereocenters. The third-order valence-electron chi connectivity index (χ3n) is 2.12. The molecule has 0 bridgehead atoms. The van der Waals surface area contributed by atoms with Gasteiger partial charge in [-0.1, -0.05) is 13.8 Å². The zero-order chi connectivity index (χ0) is 10.8. The monoisotopic (exact) mass is 284 g/mol. The van der Waals surface area contributed by atoms with E-state index in [2.05, 4.69) is 51.5 Å². The van der Waals surface area contributed by atoms with Crippen LogP contribution in [-0.4, -0.2) is 11.5 Å². The molecule has 0 amide bonds. The van der Waals surface area contributed by atoms with Gasteiger partial charge in [0.05, 0.1) is 4.70 Å². The lowest BCUT2D eigenvalue weighted by Gasteiger charge is -2.09. The van der Waals surface area contributed by atoms with E-state index in [0.717, 1.165) is 16.8 Å². The molecule has 0 spiro atoms. The molecule has 0 aliphatic rings. The summed E-state index contributed by atoms with van der Waals surface area (Å²) in [5.74, 6) is 1.63. The van der Waals surface area contributed by atoms with Gasteiger partial charge in [-0.05, 0) is 33.3 Å². The fraction of sp³-hybridized carbons (Fsp3) is 0.364. The molecule has 15 heavy (non-hydrogen) atoms. The van der Waals surface area contributed by atoms with E-state index in [9.17, 15) is 0 Å². The summed E-state index contributed by atoms with van der Waals surface area (Å²) in [7, 11) is 0. The van der Waals surface area contributed by atoms with Crippen LogP contribution in [0.25, 0.3) is 10.1 Å². The highest BCUT2D eigenvalue weighted by Gasteiger charge is 2.07. The molecule has 0 unspecified atom stereocenters. The lowest BCUT2D eigenvalue weighted by atomic mass is 10.2. The van der Waals surface area contributed by atoms with Crippen molar-refractivity contribution in [3.05, 3.63) is 22.1 Å². The van der Waals surface area contributed by atoms with Gasteiger partial charge in [0.2, 0.25) is 0 Å². The Morgan fingerprint density at radius 3 is 3.07 bits per heavy atom. The van der Waals surface area contributed by atoms with E-state index in [4.69, 9.17) is 0 Å². The van der Waals surface area contributed by atoms with Crippen LogP contribution in [0, 0.1) is 5.92 Å². The highest BCUT2D eigenvalue weighted by atomic mass is 79.9. The van der Waals surface area contributed by atoms with Crippen molar-refractivity contribution in [3.63, 3.8) is 0 Å². The van der Waals surface area contributed by atoms with Crippen molar-refractivity contribution in [2.75, 3.05) is 11.9 Å². The van der Waals surface area contributed by atoms with Gasteiger partial charge in [0.1, 0.15) is 5.82 Å². The maximum absolute atomic E-state index is 4.40. The van der Waals surface area contributed by atoms with Crippen LogP contribution in [-0.2, 0) is 0 Å². The molecule has 0 aromatic carbocycles. The van der Waals surface area contributed by atoms with Crippen LogP contribution < -0.4 is 5.32 Å². The second kappa shape index (κ2) is 4.49. The standard InChI is InChI=1S/C11H13BrN2S/c1-7(2)5-13-11-10-8(3-4-15-10)9(12)6-14-11/h3-4,6-7H,5H2,1-2H3,(H,13,14). The summed E-state index contributed by atoms with van der Waals surface area (Å²) in [6.07, 6.45) is 1.86. The first-order valence-corrected chi connectivity index (χ1v) is 6.61. The number of nitrogens with one attached hydrogen (secondary N) is 1. The van der Waals surface area contributed by atoms with Gasteiger partial charge < -0.3 is 5.32 Å². The zero-order valence-electron chi connectivity index (χ0n) is 8.75. The first-order chi connectivity index (χ1) is 7.18. The van der Waals surface area contributed by atoms with Crippen molar-refractivity contribution >= 4 is 43.2 Å². The Morgan fingerprint density at radius 2 is 2.33 bits per heavy atom.